The molecule has 302 valence electrons. The zero-order valence-corrected chi connectivity index (χ0v) is 44.4. The van der Waals surface area contributed by atoms with Crippen molar-refractivity contribution in [1.29, 1.82) is 0 Å². The van der Waals surface area contributed by atoms with Gasteiger partial charge in [0.05, 0.1) is 23.3 Å². The predicted octanol–water partition coefficient (Wildman–Crippen LogP) is 5.05. The van der Waals surface area contributed by atoms with Gasteiger partial charge in [0.15, 0.2) is 16.8 Å². The summed E-state index contributed by atoms with van der Waals surface area (Å²) in [7, 11) is 0. The Morgan fingerprint density at radius 2 is 1.27 bits per heavy atom. The van der Waals surface area contributed by atoms with Gasteiger partial charge >= 0.3 is 0 Å². The van der Waals surface area contributed by atoms with Gasteiger partial charge in [-0.15, -0.1) is 48.5 Å². The standard InChI is InChI=1S/2C21H15N7O.2W.2Y/c1-13-6-2-5-9-16(13)28-17(26-15-8-4-3-7-14(15)21(28)29)10-27-12-25-18-19(22)23-11-24-20(18)27;1-13-6-2-5-9-16(13)28-17(27-15-8-4-3-7-14(15)21(28)29)10-22-19-18-20(24-11-23-18)26-12-25-19;;;;/h2-6,8-12H,1H3,(H2,22,23,24);2-6,8-12H,1H3,(H2,22,23,24,25,26);;;;/q2*-2;;;;. The quantitative estimate of drug-likeness (QED) is 0.180. The number of nitrogens with two attached hydrogens (primary N) is 1. The van der Waals surface area contributed by atoms with Crippen molar-refractivity contribution in [2.45, 2.75) is 13.8 Å². The second-order valence-corrected chi connectivity index (χ2v) is 13.0. The summed E-state index contributed by atoms with van der Waals surface area (Å²) in [6.07, 6.45) is 5.93. The van der Waals surface area contributed by atoms with Crippen LogP contribution in [0.2, 0.25) is 0 Å². The molecule has 0 fully saturated rings. The molecule has 20 heteroatoms. The first-order valence-corrected chi connectivity index (χ1v) is 17.9. The molecule has 16 nitrogen and oxygen atoms in total. The molecule has 4 N–H and O–H groups in total. The number of hydrogen-bond acceptors (Lipinski definition) is 12. The van der Waals surface area contributed by atoms with Gasteiger partial charge in [-0.2, -0.15) is 0 Å². The van der Waals surface area contributed by atoms with Gasteiger partial charge in [-0.1, -0.05) is 53.7 Å². The van der Waals surface area contributed by atoms with Crippen LogP contribution in [0.4, 0.5) is 11.6 Å². The number of nitrogen functional groups attached to an aromatic ring is 1. The molecule has 62 heavy (non-hydrogen) atoms. The summed E-state index contributed by atoms with van der Waals surface area (Å²) in [4.78, 5) is 64.0. The number of rotatable bonds is 7. The summed E-state index contributed by atoms with van der Waals surface area (Å²) in [5, 5.41) is 3.99. The number of nitrogens with one attached hydrogen (secondary N) is 2. The number of benzene rings is 4. The summed E-state index contributed by atoms with van der Waals surface area (Å²) >= 11 is 0. The molecule has 0 amide bonds. The number of fused-ring (bicyclic) bond motifs is 4. The molecule has 10 rings (SSSR count). The molecule has 6 aromatic heterocycles. The van der Waals surface area contributed by atoms with Gasteiger partial charge < -0.3 is 49.3 Å². The number of imidazole rings is 2. The van der Waals surface area contributed by atoms with Gasteiger partial charge in [-0.3, -0.25) is 9.97 Å². The Morgan fingerprint density at radius 1 is 0.694 bits per heavy atom. The molecular formula is C42H30N14O2W2Y2-4. The van der Waals surface area contributed by atoms with E-state index in [1.165, 1.54) is 12.7 Å². The topological polar surface area (TPSA) is 206 Å². The van der Waals surface area contributed by atoms with Gasteiger partial charge in [0.1, 0.15) is 29.8 Å². The van der Waals surface area contributed by atoms with E-state index >= 15 is 0 Å². The molecule has 0 saturated carbocycles. The predicted molar refractivity (Wildman–Crippen MR) is 219 cm³/mol. The number of hydrogen-bond donors (Lipinski definition) is 3. The first kappa shape index (κ1) is 48.2. The van der Waals surface area contributed by atoms with Crippen LogP contribution in [0.15, 0.2) is 120 Å². The van der Waals surface area contributed by atoms with Crippen LogP contribution in [0.1, 0.15) is 22.8 Å². The van der Waals surface area contributed by atoms with Crippen molar-refractivity contribution in [2.24, 2.45) is 0 Å². The van der Waals surface area contributed by atoms with Crippen LogP contribution in [-0.2, 0) is 108 Å². The zero-order valence-electron chi connectivity index (χ0n) is 32.8. The van der Waals surface area contributed by atoms with Crippen molar-refractivity contribution in [1.82, 2.24) is 58.6 Å². The van der Waals surface area contributed by atoms with E-state index in [2.05, 4.69) is 57.3 Å². The van der Waals surface area contributed by atoms with Crippen LogP contribution in [0, 0.1) is 39.1 Å². The van der Waals surface area contributed by atoms with Crippen LogP contribution in [0.3, 0.4) is 0 Å². The van der Waals surface area contributed by atoms with Gasteiger partial charge in [0.25, 0.3) is 0 Å². The second kappa shape index (κ2) is 21.0. The average Bonchev–Trinajstić information content (AvgIpc) is 3.90. The summed E-state index contributed by atoms with van der Waals surface area (Å²) in [6.45, 7) is 7.27. The van der Waals surface area contributed by atoms with E-state index in [4.69, 9.17) is 10.7 Å². The molecular weight excluding hydrogens is 1280 g/mol. The van der Waals surface area contributed by atoms with E-state index in [-0.39, 0.29) is 119 Å². The van der Waals surface area contributed by atoms with Crippen LogP contribution < -0.4 is 22.2 Å². The van der Waals surface area contributed by atoms with Crippen molar-refractivity contribution in [3.63, 3.8) is 0 Å². The average molecular weight is 1310 g/mol. The summed E-state index contributed by atoms with van der Waals surface area (Å²) in [5.41, 5.74) is 12.3. The second-order valence-electron chi connectivity index (χ2n) is 13.0. The van der Waals surface area contributed by atoms with Gasteiger partial charge in [0, 0.05) is 119 Å². The Morgan fingerprint density at radius 3 is 1.90 bits per heavy atom. The normalized spacial score (nSPS) is 10.4. The van der Waals surface area contributed by atoms with E-state index in [1.807, 2.05) is 68.4 Å². The van der Waals surface area contributed by atoms with Crippen LogP contribution in [0.5, 0.6) is 0 Å². The largest absolute Gasteiger partial charge is 0.496 e. The molecule has 0 atom stereocenters. The van der Waals surface area contributed by atoms with Crippen LogP contribution in [-0.4, -0.2) is 58.6 Å². The van der Waals surface area contributed by atoms with Gasteiger partial charge in [0.2, 0.25) is 0 Å². The molecule has 10 aromatic rings. The minimum absolute atomic E-state index is 0. The third-order valence-electron chi connectivity index (χ3n) is 9.35. The number of para-hydroxylation sites is 2. The number of anilines is 2. The zero-order chi connectivity index (χ0) is 39.8. The molecule has 4 aromatic carbocycles. The first-order valence-electron chi connectivity index (χ1n) is 17.9. The van der Waals surface area contributed by atoms with Crippen molar-refractivity contribution < 1.29 is 108 Å². The van der Waals surface area contributed by atoms with E-state index in [9.17, 15) is 9.59 Å². The summed E-state index contributed by atoms with van der Waals surface area (Å²) < 4.78 is 4.83. The third kappa shape index (κ3) is 9.41. The minimum atomic E-state index is -0.199. The smallest absolute Gasteiger partial charge is 0.182 e. The molecule has 0 saturated heterocycles. The van der Waals surface area contributed by atoms with Crippen LogP contribution >= 0.6 is 0 Å². The molecule has 0 spiro atoms. The van der Waals surface area contributed by atoms with E-state index < -0.39 is 0 Å². The molecule has 0 bridgehead atoms. The Hall–Kier alpha value is -4.82. The van der Waals surface area contributed by atoms with Gasteiger partial charge in [-0.25, -0.2) is 26.5 Å². The number of aromatic amines is 1. The number of nitrogens with zero attached hydrogens (tertiary/aromatic N) is 11. The van der Waals surface area contributed by atoms with E-state index in [0.29, 0.717) is 67.4 Å². The molecule has 6 heterocycles. The van der Waals surface area contributed by atoms with Crippen LogP contribution in [0.25, 0.3) is 55.5 Å². The first-order chi connectivity index (χ1) is 28.4. The molecule has 0 aliphatic carbocycles. The Kier molecular flexibility index (Phi) is 16.4. The van der Waals surface area contributed by atoms with E-state index in [1.54, 1.807) is 69.8 Å². The summed E-state index contributed by atoms with van der Waals surface area (Å²) in [6, 6.07) is 32.0. The Bertz CT molecular complexity index is 3300. The Labute approximate surface area is 432 Å². The monoisotopic (exact) mass is 1310 g/mol. The maximum Gasteiger partial charge on any atom is 0.182 e. The summed E-state index contributed by atoms with van der Waals surface area (Å²) in [5.74, 6) is 1.72. The molecule has 0 unspecified atom stereocenters. The Balaban J connectivity index is 0.000000220. The number of H-pyrrole nitrogens is 1. The number of aryl methyl sites for hydroxylation is 2. The fraction of sp³-hybridized carbons (Fsp3) is 0.0476. The molecule has 2 radical (unpaired) electrons. The van der Waals surface area contributed by atoms with Crippen molar-refractivity contribution >= 4 is 55.8 Å². The minimum Gasteiger partial charge on any atom is -0.496 e. The fourth-order valence-electron chi connectivity index (χ4n) is 6.54. The van der Waals surface area contributed by atoms with Gasteiger partial charge in [-0.05, 0) is 60.3 Å². The molecule has 0 aliphatic heterocycles. The maximum absolute atomic E-state index is 13.3. The number of aromatic nitrogens is 12. The van der Waals surface area contributed by atoms with Crippen molar-refractivity contribution in [3.8, 4) is 11.4 Å². The molecule has 0 aliphatic rings. The van der Waals surface area contributed by atoms with Crippen molar-refractivity contribution in [3.05, 3.63) is 179 Å². The maximum atomic E-state index is 13.3. The van der Waals surface area contributed by atoms with E-state index in [0.717, 1.165) is 22.5 Å². The van der Waals surface area contributed by atoms with Crippen molar-refractivity contribution in [2.75, 3.05) is 11.1 Å². The fourth-order valence-corrected chi connectivity index (χ4v) is 6.54. The third-order valence-corrected chi connectivity index (χ3v) is 9.35. The SMILES string of the molecule is Cc1ccccc1-n1c([CH-]Nc2ncnc3nc[nH]c23)nc2ccc[c-]c2c1=O.Cc1ccccc1-n1c([CH-]n2cnc3c(N)ncnc32)nc2ccc[c-]c2c1=O.[W].[W].[Y].[Y].